The Hall–Kier alpha value is -2.76. The van der Waals surface area contributed by atoms with Crippen molar-refractivity contribution in [3.05, 3.63) is 65.0 Å². The van der Waals surface area contributed by atoms with Crippen LogP contribution in [0.1, 0.15) is 35.4 Å². The van der Waals surface area contributed by atoms with Crippen LogP contribution in [0, 0.1) is 0 Å². The topological polar surface area (TPSA) is 68.5 Å². The standard InChI is InChI=1S/C18H20N6/c1-2-6-14(7-3-1)13-24-18(21-22-23-24)19-12-16-11-10-15-8-4-5-9-17(15)20-16/h1-3,6-7,10-11H,4-5,8-9,12-13H2,(H,19,21,23). The largest absolute Gasteiger partial charge is 0.347 e. The zero-order valence-corrected chi connectivity index (χ0v) is 13.5. The van der Waals surface area contributed by atoms with Gasteiger partial charge in [0.05, 0.1) is 18.8 Å². The second-order valence-electron chi connectivity index (χ2n) is 6.11. The maximum Gasteiger partial charge on any atom is 0.243 e. The molecule has 6 heteroatoms. The number of nitrogens with one attached hydrogen (secondary N) is 1. The monoisotopic (exact) mass is 320 g/mol. The molecule has 2 aromatic heterocycles. The molecule has 0 radical (unpaired) electrons. The summed E-state index contributed by atoms with van der Waals surface area (Å²) in [6, 6.07) is 14.5. The lowest BCUT2D eigenvalue weighted by Gasteiger charge is -2.15. The average Bonchev–Trinajstić information content (AvgIpc) is 3.08. The average molecular weight is 320 g/mol. The quantitative estimate of drug-likeness (QED) is 0.782. The molecule has 0 amide bonds. The number of fused-ring (bicyclic) bond motifs is 1. The Morgan fingerprint density at radius 1 is 1.00 bits per heavy atom. The van der Waals surface area contributed by atoms with Crippen molar-refractivity contribution in [2.45, 2.75) is 38.8 Å². The van der Waals surface area contributed by atoms with Gasteiger partial charge >= 0.3 is 0 Å². The molecule has 3 aromatic rings. The molecule has 4 rings (SSSR count). The van der Waals surface area contributed by atoms with Gasteiger partial charge < -0.3 is 5.32 Å². The van der Waals surface area contributed by atoms with E-state index in [1.165, 1.54) is 29.7 Å². The predicted molar refractivity (Wildman–Crippen MR) is 91.6 cm³/mol. The summed E-state index contributed by atoms with van der Waals surface area (Å²) < 4.78 is 1.77. The van der Waals surface area contributed by atoms with Crippen LogP contribution >= 0.6 is 0 Å². The molecular formula is C18H20N6. The Morgan fingerprint density at radius 3 is 2.79 bits per heavy atom. The number of nitrogens with zero attached hydrogens (tertiary/aromatic N) is 5. The molecule has 6 nitrogen and oxygen atoms in total. The Balaban J connectivity index is 1.44. The third-order valence-corrected chi connectivity index (χ3v) is 4.37. The number of pyridine rings is 1. The van der Waals surface area contributed by atoms with Gasteiger partial charge in [-0.2, -0.15) is 0 Å². The van der Waals surface area contributed by atoms with E-state index in [0.717, 1.165) is 18.5 Å². The molecule has 0 saturated carbocycles. The molecule has 0 bridgehead atoms. The minimum atomic E-state index is 0.627. The molecule has 1 N–H and O–H groups in total. The molecule has 0 aliphatic heterocycles. The van der Waals surface area contributed by atoms with Gasteiger partial charge in [-0.3, -0.25) is 4.98 Å². The lowest BCUT2D eigenvalue weighted by atomic mass is 9.96. The normalized spacial score (nSPS) is 13.5. The van der Waals surface area contributed by atoms with E-state index in [2.05, 4.69) is 45.1 Å². The molecule has 2 heterocycles. The summed E-state index contributed by atoms with van der Waals surface area (Å²) in [5.41, 5.74) is 4.85. The van der Waals surface area contributed by atoms with Crippen LogP contribution in [0.25, 0.3) is 0 Å². The van der Waals surface area contributed by atoms with Gasteiger partial charge in [-0.05, 0) is 53.3 Å². The van der Waals surface area contributed by atoms with E-state index in [-0.39, 0.29) is 0 Å². The predicted octanol–water partition coefficient (Wildman–Crippen LogP) is 2.61. The van der Waals surface area contributed by atoms with Crippen LogP contribution in [0.15, 0.2) is 42.5 Å². The summed E-state index contributed by atoms with van der Waals surface area (Å²) in [6.07, 6.45) is 4.77. The fraction of sp³-hybridized carbons (Fsp3) is 0.333. The number of aromatic nitrogens is 5. The molecule has 0 unspecified atom stereocenters. The number of aryl methyl sites for hydroxylation is 2. The van der Waals surface area contributed by atoms with Crippen LogP contribution in [0.2, 0.25) is 0 Å². The Kier molecular flexibility index (Phi) is 4.18. The van der Waals surface area contributed by atoms with E-state index >= 15 is 0 Å². The lowest BCUT2D eigenvalue weighted by Crippen LogP contribution is -2.12. The first-order chi connectivity index (χ1) is 11.9. The number of hydrogen-bond donors (Lipinski definition) is 1. The SMILES string of the molecule is c1ccc(Cn2nnnc2NCc2ccc3c(n2)CCCC3)cc1. The number of benzene rings is 1. The summed E-state index contributed by atoms with van der Waals surface area (Å²) in [5.74, 6) is 0.665. The Morgan fingerprint density at radius 2 is 1.88 bits per heavy atom. The molecule has 0 spiro atoms. The maximum absolute atomic E-state index is 4.79. The van der Waals surface area contributed by atoms with E-state index in [1.807, 2.05) is 18.2 Å². The third-order valence-electron chi connectivity index (χ3n) is 4.37. The molecule has 1 aliphatic rings. The van der Waals surface area contributed by atoms with Crippen molar-refractivity contribution in [3.8, 4) is 0 Å². The van der Waals surface area contributed by atoms with E-state index in [0.29, 0.717) is 19.0 Å². The molecule has 0 atom stereocenters. The summed E-state index contributed by atoms with van der Waals surface area (Å²) in [4.78, 5) is 4.79. The summed E-state index contributed by atoms with van der Waals surface area (Å²) in [5, 5.41) is 15.2. The fourth-order valence-electron chi connectivity index (χ4n) is 3.09. The molecular weight excluding hydrogens is 300 g/mol. The second-order valence-corrected chi connectivity index (χ2v) is 6.11. The zero-order chi connectivity index (χ0) is 16.2. The first-order valence-electron chi connectivity index (χ1n) is 8.40. The Labute approximate surface area is 140 Å². The molecule has 122 valence electrons. The summed E-state index contributed by atoms with van der Waals surface area (Å²) >= 11 is 0. The fourth-order valence-corrected chi connectivity index (χ4v) is 3.09. The van der Waals surface area contributed by atoms with E-state index in [9.17, 15) is 0 Å². The van der Waals surface area contributed by atoms with Crippen molar-refractivity contribution in [1.29, 1.82) is 0 Å². The zero-order valence-electron chi connectivity index (χ0n) is 13.5. The first-order valence-corrected chi connectivity index (χ1v) is 8.40. The highest BCUT2D eigenvalue weighted by Crippen LogP contribution is 2.19. The van der Waals surface area contributed by atoms with Crippen molar-refractivity contribution in [2.75, 3.05) is 5.32 Å². The number of rotatable bonds is 5. The number of tetrazole rings is 1. The van der Waals surface area contributed by atoms with Crippen LogP contribution in [-0.2, 0) is 25.9 Å². The highest BCUT2D eigenvalue weighted by Gasteiger charge is 2.12. The van der Waals surface area contributed by atoms with Gasteiger partial charge in [0.1, 0.15) is 0 Å². The first kappa shape index (κ1) is 14.8. The second kappa shape index (κ2) is 6.78. The van der Waals surface area contributed by atoms with Crippen LogP contribution in [0.4, 0.5) is 5.95 Å². The van der Waals surface area contributed by atoms with Crippen LogP contribution < -0.4 is 5.32 Å². The van der Waals surface area contributed by atoms with Gasteiger partial charge in [0, 0.05) is 5.69 Å². The van der Waals surface area contributed by atoms with Crippen molar-refractivity contribution in [2.24, 2.45) is 0 Å². The molecule has 24 heavy (non-hydrogen) atoms. The van der Waals surface area contributed by atoms with Crippen molar-refractivity contribution in [1.82, 2.24) is 25.2 Å². The van der Waals surface area contributed by atoms with Crippen molar-refractivity contribution in [3.63, 3.8) is 0 Å². The van der Waals surface area contributed by atoms with Gasteiger partial charge in [-0.1, -0.05) is 41.5 Å². The van der Waals surface area contributed by atoms with Crippen molar-refractivity contribution < 1.29 is 0 Å². The van der Waals surface area contributed by atoms with Gasteiger partial charge in [0.2, 0.25) is 5.95 Å². The minimum Gasteiger partial charge on any atom is -0.347 e. The minimum absolute atomic E-state index is 0.627. The van der Waals surface area contributed by atoms with Gasteiger partial charge in [0.25, 0.3) is 0 Å². The lowest BCUT2D eigenvalue weighted by molar-refractivity contribution is 0.649. The van der Waals surface area contributed by atoms with Gasteiger partial charge in [0.15, 0.2) is 0 Å². The highest BCUT2D eigenvalue weighted by molar-refractivity contribution is 5.29. The smallest absolute Gasteiger partial charge is 0.243 e. The maximum atomic E-state index is 4.79. The molecule has 1 aliphatic carbocycles. The van der Waals surface area contributed by atoms with E-state index in [1.54, 1.807) is 4.68 Å². The molecule has 1 aromatic carbocycles. The number of hydrogen-bond acceptors (Lipinski definition) is 5. The highest BCUT2D eigenvalue weighted by atomic mass is 15.6. The van der Waals surface area contributed by atoms with Crippen LogP contribution in [0.5, 0.6) is 0 Å². The molecule has 0 fully saturated rings. The third kappa shape index (κ3) is 3.27. The van der Waals surface area contributed by atoms with Crippen molar-refractivity contribution >= 4 is 5.95 Å². The van der Waals surface area contributed by atoms with Crippen LogP contribution in [-0.4, -0.2) is 25.2 Å². The van der Waals surface area contributed by atoms with Gasteiger partial charge in [-0.25, -0.2) is 4.68 Å². The van der Waals surface area contributed by atoms with Crippen LogP contribution in [0.3, 0.4) is 0 Å². The summed E-state index contributed by atoms with van der Waals surface area (Å²) in [6.45, 7) is 1.27. The molecule has 0 saturated heterocycles. The number of anilines is 1. The Bertz CT molecular complexity index is 811. The van der Waals surface area contributed by atoms with E-state index in [4.69, 9.17) is 4.98 Å². The van der Waals surface area contributed by atoms with E-state index < -0.39 is 0 Å². The van der Waals surface area contributed by atoms with Gasteiger partial charge in [-0.15, -0.1) is 0 Å². The summed E-state index contributed by atoms with van der Waals surface area (Å²) in [7, 11) is 0.